The normalized spacial score (nSPS) is 15.2. The van der Waals surface area contributed by atoms with E-state index < -0.39 is 34.8 Å². The maximum absolute atomic E-state index is 13.8. The van der Waals surface area contributed by atoms with Crippen molar-refractivity contribution in [1.29, 1.82) is 0 Å². The summed E-state index contributed by atoms with van der Waals surface area (Å²) in [6, 6.07) is 7.33. The van der Waals surface area contributed by atoms with E-state index in [4.69, 9.17) is 0 Å². The quantitative estimate of drug-likeness (QED) is 0.200. The minimum atomic E-state index is -2.21. The number of nitrogens with zero attached hydrogens (tertiary/aromatic N) is 1. The molecule has 7 heteroatoms. The van der Waals surface area contributed by atoms with Gasteiger partial charge in [0.2, 0.25) is 5.82 Å². The Bertz CT molecular complexity index is 1030. The van der Waals surface area contributed by atoms with Gasteiger partial charge < -0.3 is 0 Å². The predicted molar refractivity (Wildman–Crippen MR) is 103 cm³/mol. The molecule has 1 aliphatic rings. The van der Waals surface area contributed by atoms with Gasteiger partial charge in [-0.05, 0) is 50.0 Å². The Labute approximate surface area is 165 Å². The van der Waals surface area contributed by atoms with Crippen molar-refractivity contribution in [2.24, 2.45) is 5.10 Å². The highest BCUT2D eigenvalue weighted by atomic mass is 19.2. The fourth-order valence-corrected chi connectivity index (χ4v) is 3.58. The molecule has 1 N–H and O–H groups in total. The first-order chi connectivity index (χ1) is 13.7. The molecule has 0 aliphatic heterocycles. The third-order valence-corrected chi connectivity index (χ3v) is 5.51. The van der Waals surface area contributed by atoms with Crippen molar-refractivity contribution in [3.8, 4) is 0 Å². The van der Waals surface area contributed by atoms with Crippen LogP contribution in [0.4, 0.5) is 27.6 Å². The fourth-order valence-electron chi connectivity index (χ4n) is 3.58. The molecule has 0 heterocycles. The van der Waals surface area contributed by atoms with Crippen LogP contribution >= 0.6 is 0 Å². The molecule has 0 atom stereocenters. The molecule has 1 aliphatic carbocycles. The van der Waals surface area contributed by atoms with Gasteiger partial charge in [-0.3, -0.25) is 5.43 Å². The Balaban J connectivity index is 1.96. The molecular formula is C22H19F5N2. The number of rotatable bonds is 4. The summed E-state index contributed by atoms with van der Waals surface area (Å²) in [6.07, 6.45) is 1.30. The summed E-state index contributed by atoms with van der Waals surface area (Å²) in [5.41, 5.74) is 7.13. The summed E-state index contributed by atoms with van der Waals surface area (Å²) in [6.45, 7) is 8.19. The van der Waals surface area contributed by atoms with Crippen LogP contribution in [0, 0.1) is 29.1 Å². The molecule has 2 nitrogen and oxygen atoms in total. The highest BCUT2D eigenvalue weighted by Gasteiger charge is 2.27. The molecule has 0 aromatic heterocycles. The zero-order chi connectivity index (χ0) is 21.5. The van der Waals surface area contributed by atoms with Crippen LogP contribution < -0.4 is 5.43 Å². The van der Waals surface area contributed by atoms with Gasteiger partial charge in [-0.1, -0.05) is 35.4 Å². The van der Waals surface area contributed by atoms with E-state index in [1.807, 2.05) is 31.4 Å². The predicted octanol–water partition coefficient (Wildman–Crippen LogP) is 6.60. The lowest BCUT2D eigenvalue weighted by Gasteiger charge is -2.18. The van der Waals surface area contributed by atoms with Crippen LogP contribution in [-0.2, 0) is 0 Å². The molecule has 0 spiro atoms. The molecule has 29 heavy (non-hydrogen) atoms. The molecule has 2 aromatic rings. The first-order valence-corrected chi connectivity index (χ1v) is 8.91. The van der Waals surface area contributed by atoms with Crippen LogP contribution in [0.25, 0.3) is 0 Å². The van der Waals surface area contributed by atoms with Crippen molar-refractivity contribution in [2.45, 2.75) is 33.6 Å². The van der Waals surface area contributed by atoms with Crippen molar-refractivity contribution in [1.82, 2.24) is 0 Å². The maximum Gasteiger partial charge on any atom is 0.200 e. The molecular weight excluding hydrogens is 387 g/mol. The van der Waals surface area contributed by atoms with Gasteiger partial charge in [0, 0.05) is 5.92 Å². The fraction of sp³-hybridized carbons (Fsp3) is 0.227. The second kappa shape index (κ2) is 7.81. The van der Waals surface area contributed by atoms with Crippen LogP contribution in [-0.4, -0.2) is 6.21 Å². The minimum absolute atomic E-state index is 0.0341. The molecule has 3 rings (SSSR count). The van der Waals surface area contributed by atoms with Crippen LogP contribution in [0.1, 0.15) is 44.7 Å². The van der Waals surface area contributed by atoms with Crippen molar-refractivity contribution < 1.29 is 22.0 Å². The van der Waals surface area contributed by atoms with E-state index >= 15 is 0 Å². The van der Waals surface area contributed by atoms with E-state index in [-0.39, 0.29) is 5.92 Å². The Morgan fingerprint density at radius 1 is 0.759 bits per heavy atom. The first kappa shape index (κ1) is 20.8. The number of allylic oxidation sites excluding steroid dienone is 4. The summed E-state index contributed by atoms with van der Waals surface area (Å²) < 4.78 is 67.3. The smallest absolute Gasteiger partial charge is 0.200 e. The van der Waals surface area contributed by atoms with Gasteiger partial charge in [0.15, 0.2) is 23.3 Å². The van der Waals surface area contributed by atoms with Crippen molar-refractivity contribution in [2.75, 3.05) is 5.43 Å². The maximum atomic E-state index is 13.8. The summed E-state index contributed by atoms with van der Waals surface area (Å²) in [5.74, 6) is -10.2. The van der Waals surface area contributed by atoms with Gasteiger partial charge in [0.1, 0.15) is 5.69 Å². The lowest BCUT2D eigenvalue weighted by molar-refractivity contribution is 0.381. The number of hydrogen-bond acceptors (Lipinski definition) is 2. The van der Waals surface area contributed by atoms with Gasteiger partial charge in [0.05, 0.1) is 6.21 Å². The second-order valence-electron chi connectivity index (χ2n) is 6.99. The average Bonchev–Trinajstić information content (AvgIpc) is 2.90. The van der Waals surface area contributed by atoms with Gasteiger partial charge in [-0.15, -0.1) is 0 Å². The van der Waals surface area contributed by atoms with Crippen LogP contribution in [0.5, 0.6) is 0 Å². The lowest BCUT2D eigenvalue weighted by Crippen LogP contribution is -2.07. The van der Waals surface area contributed by atoms with Gasteiger partial charge in [-0.2, -0.15) is 5.10 Å². The zero-order valence-corrected chi connectivity index (χ0v) is 16.3. The molecule has 0 radical (unpaired) electrons. The topological polar surface area (TPSA) is 24.4 Å². The number of halogens is 5. The number of hydrogen-bond donors (Lipinski definition) is 1. The Kier molecular flexibility index (Phi) is 5.59. The third kappa shape index (κ3) is 3.45. The molecule has 152 valence electrons. The summed E-state index contributed by atoms with van der Waals surface area (Å²) in [5, 5.41) is 3.72. The van der Waals surface area contributed by atoms with Gasteiger partial charge >= 0.3 is 0 Å². The van der Waals surface area contributed by atoms with Crippen LogP contribution in [0.3, 0.4) is 0 Å². The number of anilines is 1. The van der Waals surface area contributed by atoms with E-state index in [1.54, 1.807) is 12.1 Å². The molecule has 0 saturated carbocycles. The molecule has 0 amide bonds. The summed E-state index contributed by atoms with van der Waals surface area (Å²) in [7, 11) is 0. The highest BCUT2D eigenvalue weighted by molar-refractivity contribution is 5.83. The van der Waals surface area contributed by atoms with Crippen LogP contribution in [0.2, 0.25) is 0 Å². The van der Waals surface area contributed by atoms with E-state index in [2.05, 4.69) is 18.9 Å². The average molecular weight is 406 g/mol. The second-order valence-corrected chi connectivity index (χ2v) is 6.99. The molecule has 0 saturated heterocycles. The SMILES string of the molecule is CC1=C(C)C(c2ccccc2C=NNc2c(F)c(F)c(F)c(F)c2F)C(C)=C1C. The monoisotopic (exact) mass is 406 g/mol. The molecule has 0 fully saturated rings. The number of benzene rings is 2. The Hall–Kier alpha value is -2.96. The van der Waals surface area contributed by atoms with Crippen molar-refractivity contribution in [3.63, 3.8) is 0 Å². The molecule has 2 aromatic carbocycles. The Morgan fingerprint density at radius 3 is 1.79 bits per heavy atom. The minimum Gasteiger partial charge on any atom is -0.272 e. The Morgan fingerprint density at radius 2 is 1.24 bits per heavy atom. The standard InChI is InChI=1S/C22H19F5N2/c1-10-11(2)13(4)16(12(10)3)15-8-6-5-7-14(15)9-28-29-22-20(26)18(24)17(23)19(25)21(22)27/h5-9,16,29H,1-4H3. The number of nitrogens with one attached hydrogen (secondary N) is 1. The van der Waals surface area contributed by atoms with E-state index in [1.165, 1.54) is 28.5 Å². The molecule has 0 unspecified atom stereocenters. The third-order valence-electron chi connectivity index (χ3n) is 5.51. The highest BCUT2D eigenvalue weighted by Crippen LogP contribution is 2.43. The number of hydrazone groups is 1. The lowest BCUT2D eigenvalue weighted by atomic mass is 9.86. The first-order valence-electron chi connectivity index (χ1n) is 8.91. The van der Waals surface area contributed by atoms with E-state index in [9.17, 15) is 22.0 Å². The summed E-state index contributed by atoms with van der Waals surface area (Å²) in [4.78, 5) is 0. The zero-order valence-electron chi connectivity index (χ0n) is 16.3. The van der Waals surface area contributed by atoms with Gasteiger partial charge in [-0.25, -0.2) is 22.0 Å². The van der Waals surface area contributed by atoms with Crippen molar-refractivity contribution >= 4 is 11.9 Å². The van der Waals surface area contributed by atoms with Crippen molar-refractivity contribution in [3.05, 3.63) is 86.8 Å². The van der Waals surface area contributed by atoms with E-state index in [0.29, 0.717) is 5.56 Å². The molecule has 0 bridgehead atoms. The van der Waals surface area contributed by atoms with Crippen LogP contribution in [0.15, 0.2) is 51.7 Å². The largest absolute Gasteiger partial charge is 0.272 e. The van der Waals surface area contributed by atoms with E-state index in [0.717, 1.165) is 5.56 Å². The van der Waals surface area contributed by atoms with Gasteiger partial charge in [0.25, 0.3) is 0 Å². The summed E-state index contributed by atoms with van der Waals surface area (Å²) >= 11 is 0.